The van der Waals surface area contributed by atoms with Crippen molar-refractivity contribution >= 4 is 48.1 Å². The molecule has 4 aromatic rings. The van der Waals surface area contributed by atoms with Crippen molar-refractivity contribution in [2.45, 2.75) is 19.4 Å². The minimum absolute atomic E-state index is 0. The summed E-state index contributed by atoms with van der Waals surface area (Å²) in [5.41, 5.74) is 3.35. The highest BCUT2D eigenvalue weighted by atomic mass is 35.5. The molecule has 35 heavy (non-hydrogen) atoms. The Morgan fingerprint density at radius 3 is 2.40 bits per heavy atom. The van der Waals surface area contributed by atoms with E-state index in [-0.39, 0.29) is 42.8 Å². The molecule has 0 aliphatic rings. The van der Waals surface area contributed by atoms with Crippen molar-refractivity contribution in [1.29, 1.82) is 0 Å². The summed E-state index contributed by atoms with van der Waals surface area (Å²) in [5, 5.41) is 0.958. The van der Waals surface area contributed by atoms with Crippen LogP contribution in [0.4, 0.5) is 0 Å². The van der Waals surface area contributed by atoms with E-state index < -0.39 is 0 Å². The van der Waals surface area contributed by atoms with E-state index in [1.54, 1.807) is 23.9 Å². The fraction of sp³-hybridized carbons (Fsp3) is 0.269. The third-order valence-corrected chi connectivity index (χ3v) is 5.60. The molecule has 0 spiro atoms. The first-order valence-corrected chi connectivity index (χ1v) is 10.9. The van der Waals surface area contributed by atoms with Gasteiger partial charge in [-0.05, 0) is 60.4 Å². The average molecular weight is 538 g/mol. The van der Waals surface area contributed by atoms with Crippen molar-refractivity contribution in [3.05, 3.63) is 101 Å². The second-order valence-electron chi connectivity index (χ2n) is 7.86. The van der Waals surface area contributed by atoms with E-state index in [9.17, 15) is 4.79 Å². The third-order valence-electron chi connectivity index (χ3n) is 5.60. The lowest BCUT2D eigenvalue weighted by Gasteiger charge is -2.22. The van der Waals surface area contributed by atoms with Gasteiger partial charge in [-0.3, -0.25) is 19.7 Å². The maximum atomic E-state index is 11.9. The summed E-state index contributed by atoms with van der Waals surface area (Å²) < 4.78 is 7.77. The zero-order valence-electron chi connectivity index (χ0n) is 19.6. The summed E-state index contributed by atoms with van der Waals surface area (Å²) >= 11 is 0. The number of hydrogen-bond donors (Lipinski definition) is 0. The first-order valence-electron chi connectivity index (χ1n) is 10.9. The standard InChI is InChI=1S/C26H28N4O2.3ClH/c1-29-24-6-2-7-25(23(24)8-9-26(29)31)32-18-4-16-30(20-22-10-14-27-15-11-22)17-12-21-5-3-13-28-19-21;;;/h2-3,5-11,13-15,19H,4,12,16-18,20H2,1H3;3*1H. The van der Waals surface area contributed by atoms with E-state index >= 15 is 0 Å². The second kappa shape index (κ2) is 15.4. The molecule has 0 N–H and O–H groups in total. The Bertz CT molecular complexity index is 1210. The van der Waals surface area contributed by atoms with Crippen molar-refractivity contribution in [1.82, 2.24) is 19.4 Å². The third kappa shape index (κ3) is 8.51. The molecule has 0 bridgehead atoms. The first-order chi connectivity index (χ1) is 15.7. The largest absolute Gasteiger partial charge is 0.493 e. The number of halogens is 3. The van der Waals surface area contributed by atoms with Gasteiger partial charge in [0.2, 0.25) is 0 Å². The highest BCUT2D eigenvalue weighted by Gasteiger charge is 2.09. The van der Waals surface area contributed by atoms with Crippen LogP contribution in [-0.2, 0) is 20.0 Å². The average Bonchev–Trinajstić information content (AvgIpc) is 2.84. The van der Waals surface area contributed by atoms with Crippen molar-refractivity contribution in [2.75, 3.05) is 19.7 Å². The van der Waals surface area contributed by atoms with Crippen LogP contribution in [0.2, 0.25) is 0 Å². The van der Waals surface area contributed by atoms with E-state index in [4.69, 9.17) is 4.74 Å². The van der Waals surface area contributed by atoms with Gasteiger partial charge < -0.3 is 9.30 Å². The van der Waals surface area contributed by atoms with Gasteiger partial charge in [0.1, 0.15) is 5.75 Å². The molecule has 9 heteroatoms. The minimum Gasteiger partial charge on any atom is -0.493 e. The van der Waals surface area contributed by atoms with Gasteiger partial charge in [0.25, 0.3) is 5.56 Å². The SMILES string of the molecule is Cl.Cl.Cl.Cn1c(=O)ccc2c(OCCCN(CCc3cccnc3)Cc3ccncc3)cccc21. The van der Waals surface area contributed by atoms with Crippen molar-refractivity contribution < 1.29 is 4.74 Å². The number of aryl methyl sites for hydroxylation is 1. The van der Waals surface area contributed by atoms with Crippen molar-refractivity contribution in [2.24, 2.45) is 7.05 Å². The van der Waals surface area contributed by atoms with E-state index in [1.807, 2.05) is 48.9 Å². The Labute approximate surface area is 224 Å². The lowest BCUT2D eigenvalue weighted by Crippen LogP contribution is -2.28. The predicted molar refractivity (Wildman–Crippen MR) is 148 cm³/mol. The molecule has 0 atom stereocenters. The summed E-state index contributed by atoms with van der Waals surface area (Å²) in [6, 6.07) is 17.5. The van der Waals surface area contributed by atoms with Crippen LogP contribution in [0.5, 0.6) is 5.75 Å². The molecular weight excluding hydrogens is 507 g/mol. The van der Waals surface area contributed by atoms with Gasteiger partial charge in [0, 0.05) is 62.9 Å². The van der Waals surface area contributed by atoms with Gasteiger partial charge in [-0.1, -0.05) is 12.1 Å². The Hall–Kier alpha value is -2.64. The molecule has 188 valence electrons. The molecule has 1 aromatic carbocycles. The van der Waals surface area contributed by atoms with Crippen LogP contribution < -0.4 is 10.3 Å². The maximum Gasteiger partial charge on any atom is 0.250 e. The second-order valence-corrected chi connectivity index (χ2v) is 7.86. The number of ether oxygens (including phenoxy) is 1. The van der Waals surface area contributed by atoms with Crippen LogP contribution in [0.25, 0.3) is 10.9 Å². The molecule has 0 aliphatic heterocycles. The number of nitrogens with zero attached hydrogens (tertiary/aromatic N) is 4. The highest BCUT2D eigenvalue weighted by Crippen LogP contribution is 2.24. The molecule has 3 aromatic heterocycles. The summed E-state index contributed by atoms with van der Waals surface area (Å²) in [6.07, 6.45) is 9.27. The Morgan fingerprint density at radius 1 is 0.857 bits per heavy atom. The van der Waals surface area contributed by atoms with Gasteiger partial charge >= 0.3 is 0 Å². The monoisotopic (exact) mass is 536 g/mol. The van der Waals surface area contributed by atoms with Crippen LogP contribution in [0, 0.1) is 0 Å². The maximum absolute atomic E-state index is 11.9. The van der Waals surface area contributed by atoms with E-state index in [1.165, 1.54) is 11.1 Å². The van der Waals surface area contributed by atoms with Gasteiger partial charge in [0.05, 0.1) is 12.1 Å². The highest BCUT2D eigenvalue weighted by molar-refractivity contribution is 5.86. The van der Waals surface area contributed by atoms with Crippen LogP contribution in [0.1, 0.15) is 17.5 Å². The van der Waals surface area contributed by atoms with E-state index in [2.05, 4.69) is 33.1 Å². The van der Waals surface area contributed by atoms with Crippen LogP contribution in [0.15, 0.2) is 84.2 Å². The van der Waals surface area contributed by atoms with Crippen LogP contribution in [-0.4, -0.2) is 39.1 Å². The lowest BCUT2D eigenvalue weighted by atomic mass is 10.2. The smallest absolute Gasteiger partial charge is 0.250 e. The molecule has 0 amide bonds. The molecule has 0 saturated heterocycles. The van der Waals surface area contributed by atoms with Gasteiger partial charge in [-0.25, -0.2) is 0 Å². The Balaban J connectivity index is 0.00000204. The predicted octanol–water partition coefficient (Wildman–Crippen LogP) is 5.11. The number of aromatic nitrogens is 3. The normalized spacial score (nSPS) is 10.2. The number of rotatable bonds is 10. The summed E-state index contributed by atoms with van der Waals surface area (Å²) in [6.45, 7) is 3.36. The zero-order valence-corrected chi connectivity index (χ0v) is 22.0. The molecule has 3 heterocycles. The van der Waals surface area contributed by atoms with Crippen molar-refractivity contribution in [3.8, 4) is 5.75 Å². The molecule has 6 nitrogen and oxygen atoms in total. The molecule has 4 rings (SSSR count). The van der Waals surface area contributed by atoms with Crippen molar-refractivity contribution in [3.63, 3.8) is 0 Å². The number of fused-ring (bicyclic) bond motifs is 1. The molecular formula is C26H31Cl3N4O2. The lowest BCUT2D eigenvalue weighted by molar-refractivity contribution is 0.230. The topological polar surface area (TPSA) is 60.2 Å². The summed E-state index contributed by atoms with van der Waals surface area (Å²) in [4.78, 5) is 22.7. The molecule has 0 unspecified atom stereocenters. The molecule has 0 aliphatic carbocycles. The number of hydrogen-bond acceptors (Lipinski definition) is 5. The van der Waals surface area contributed by atoms with Crippen LogP contribution >= 0.6 is 37.2 Å². The molecule has 0 saturated carbocycles. The van der Waals surface area contributed by atoms with Crippen LogP contribution in [0.3, 0.4) is 0 Å². The fourth-order valence-corrected chi connectivity index (χ4v) is 3.82. The number of pyridine rings is 3. The Morgan fingerprint density at radius 2 is 1.66 bits per heavy atom. The Kier molecular flexibility index (Phi) is 13.3. The van der Waals surface area contributed by atoms with Gasteiger partial charge in [-0.15, -0.1) is 37.2 Å². The summed E-state index contributed by atoms with van der Waals surface area (Å²) in [7, 11) is 1.79. The fourth-order valence-electron chi connectivity index (χ4n) is 3.82. The van der Waals surface area contributed by atoms with E-state index in [0.717, 1.165) is 49.1 Å². The molecule has 0 radical (unpaired) electrons. The quantitative estimate of drug-likeness (QED) is 0.263. The first kappa shape index (κ1) is 30.4. The molecule has 0 fully saturated rings. The van der Waals surface area contributed by atoms with E-state index in [0.29, 0.717) is 6.61 Å². The van der Waals surface area contributed by atoms with Gasteiger partial charge in [0.15, 0.2) is 0 Å². The summed E-state index contributed by atoms with van der Waals surface area (Å²) in [5.74, 6) is 0.814. The minimum atomic E-state index is -0.0185. The number of benzene rings is 1. The van der Waals surface area contributed by atoms with Gasteiger partial charge in [-0.2, -0.15) is 0 Å². The zero-order chi connectivity index (χ0) is 22.2.